The van der Waals surface area contributed by atoms with Crippen molar-refractivity contribution in [1.82, 2.24) is 0 Å². The summed E-state index contributed by atoms with van der Waals surface area (Å²) in [6.07, 6.45) is 5.08. The number of carboxylic acid groups (broad SMARTS) is 2. The number of rotatable bonds is 7. The topological polar surface area (TPSA) is 74.6 Å². The molecule has 0 heterocycles. The third-order valence-electron chi connectivity index (χ3n) is 2.17. The maximum Gasteiger partial charge on any atom is 0.335 e. The lowest BCUT2D eigenvalue weighted by atomic mass is 9.99. The lowest BCUT2D eigenvalue weighted by Crippen LogP contribution is -2.06. The Morgan fingerprint density at radius 2 is 1.81 bits per heavy atom. The summed E-state index contributed by atoms with van der Waals surface area (Å²) >= 11 is 0. The summed E-state index contributed by atoms with van der Waals surface area (Å²) in [5.41, 5.74) is 0.814. The van der Waals surface area contributed by atoms with Gasteiger partial charge in [-0.2, -0.15) is 0 Å². The van der Waals surface area contributed by atoms with E-state index in [0.29, 0.717) is 12.0 Å². The predicted molar refractivity (Wildman–Crippen MR) is 61.3 cm³/mol. The van der Waals surface area contributed by atoms with Crippen LogP contribution < -0.4 is 0 Å². The summed E-state index contributed by atoms with van der Waals surface area (Å²) in [6.45, 7) is 3.68. The van der Waals surface area contributed by atoms with Gasteiger partial charge in [-0.15, -0.1) is 0 Å². The highest BCUT2D eigenvalue weighted by molar-refractivity contribution is 5.91. The van der Waals surface area contributed by atoms with E-state index in [1.54, 1.807) is 19.1 Å². The van der Waals surface area contributed by atoms with Crippen LogP contribution in [0.4, 0.5) is 0 Å². The predicted octanol–water partition coefficient (Wildman–Crippen LogP) is 2.61. The van der Waals surface area contributed by atoms with Crippen LogP contribution in [0.5, 0.6) is 0 Å². The third-order valence-corrected chi connectivity index (χ3v) is 2.17. The van der Waals surface area contributed by atoms with Gasteiger partial charge in [-0.3, -0.25) is 4.79 Å². The Kier molecular flexibility index (Phi) is 6.92. The van der Waals surface area contributed by atoms with Crippen molar-refractivity contribution in [2.75, 3.05) is 0 Å². The molecule has 0 saturated heterocycles. The molecule has 0 aromatic heterocycles. The average molecular weight is 226 g/mol. The largest absolute Gasteiger partial charge is 0.481 e. The fourth-order valence-electron chi connectivity index (χ4n) is 1.32. The molecule has 0 radical (unpaired) electrons. The summed E-state index contributed by atoms with van der Waals surface area (Å²) in [5.74, 6) is -1.91. The second-order valence-electron chi connectivity index (χ2n) is 3.42. The number of allylic oxidation sites excluding steroid dienone is 2. The fourth-order valence-corrected chi connectivity index (χ4v) is 1.32. The zero-order valence-corrected chi connectivity index (χ0v) is 9.69. The molecule has 0 amide bonds. The highest BCUT2D eigenvalue weighted by atomic mass is 16.4. The number of carbonyl (C=O) groups is 2. The minimum atomic E-state index is -0.994. The Bertz CT molecular complexity index is 313. The van der Waals surface area contributed by atoms with Gasteiger partial charge in [-0.25, -0.2) is 4.79 Å². The molecule has 0 aliphatic heterocycles. The molecule has 0 aliphatic rings. The molecule has 16 heavy (non-hydrogen) atoms. The minimum absolute atomic E-state index is 0.0452. The normalized spacial score (nSPS) is 12.6. The molecule has 0 unspecified atom stereocenters. The van der Waals surface area contributed by atoms with Gasteiger partial charge in [0.05, 0.1) is 5.57 Å². The lowest BCUT2D eigenvalue weighted by Gasteiger charge is -2.06. The molecule has 0 spiro atoms. The van der Waals surface area contributed by atoms with E-state index in [1.807, 2.05) is 6.92 Å². The molecule has 2 N–H and O–H groups in total. The maximum absolute atomic E-state index is 11.0. The van der Waals surface area contributed by atoms with Crippen LogP contribution >= 0.6 is 0 Å². The molecular formula is C12H18O4. The number of aliphatic carboxylic acids is 2. The van der Waals surface area contributed by atoms with Crippen molar-refractivity contribution >= 4 is 11.9 Å². The molecule has 0 fully saturated rings. The third kappa shape index (κ3) is 5.34. The van der Waals surface area contributed by atoms with E-state index in [9.17, 15) is 9.59 Å². The molecule has 0 bridgehead atoms. The maximum atomic E-state index is 11.0. The van der Waals surface area contributed by atoms with E-state index < -0.39 is 11.9 Å². The molecule has 0 aromatic rings. The SMILES string of the molecule is CC=C(CCC(=O)O)C(=CCCC)C(=O)O. The summed E-state index contributed by atoms with van der Waals surface area (Å²) in [4.78, 5) is 21.4. The van der Waals surface area contributed by atoms with Gasteiger partial charge in [0.2, 0.25) is 0 Å². The monoisotopic (exact) mass is 226 g/mol. The van der Waals surface area contributed by atoms with Gasteiger partial charge in [0, 0.05) is 6.42 Å². The van der Waals surface area contributed by atoms with E-state index in [1.165, 1.54) is 0 Å². The summed E-state index contributed by atoms with van der Waals surface area (Å²) in [5, 5.41) is 17.6. The van der Waals surface area contributed by atoms with Crippen LogP contribution in [0.3, 0.4) is 0 Å². The highest BCUT2D eigenvalue weighted by Gasteiger charge is 2.13. The molecule has 0 aromatic carbocycles. The van der Waals surface area contributed by atoms with Crippen molar-refractivity contribution in [1.29, 1.82) is 0 Å². The molecule has 0 aliphatic carbocycles. The Morgan fingerprint density at radius 3 is 2.19 bits per heavy atom. The van der Waals surface area contributed by atoms with E-state index in [4.69, 9.17) is 10.2 Å². The van der Waals surface area contributed by atoms with Gasteiger partial charge in [0.1, 0.15) is 0 Å². The standard InChI is InChI=1S/C12H18O4/c1-3-5-6-10(12(15)16)9(4-2)7-8-11(13)14/h4,6H,3,5,7-8H2,1-2H3,(H,13,14)(H,15,16). The first-order chi connectivity index (χ1) is 7.52. The summed E-state index contributed by atoms with van der Waals surface area (Å²) in [7, 11) is 0. The second kappa shape index (κ2) is 7.68. The zero-order valence-electron chi connectivity index (χ0n) is 9.69. The summed E-state index contributed by atoms with van der Waals surface area (Å²) < 4.78 is 0. The van der Waals surface area contributed by atoms with E-state index >= 15 is 0 Å². The van der Waals surface area contributed by atoms with Crippen LogP contribution in [0.1, 0.15) is 39.5 Å². The quantitative estimate of drug-likeness (QED) is 0.517. The van der Waals surface area contributed by atoms with Gasteiger partial charge in [0.15, 0.2) is 0 Å². The molecule has 4 heteroatoms. The van der Waals surface area contributed by atoms with Crippen LogP contribution in [-0.4, -0.2) is 22.2 Å². The number of hydrogen-bond acceptors (Lipinski definition) is 2. The molecular weight excluding hydrogens is 208 g/mol. The van der Waals surface area contributed by atoms with Crippen LogP contribution in [0.25, 0.3) is 0 Å². The van der Waals surface area contributed by atoms with E-state index in [2.05, 4.69) is 0 Å². The Morgan fingerprint density at radius 1 is 1.19 bits per heavy atom. The lowest BCUT2D eigenvalue weighted by molar-refractivity contribution is -0.137. The molecule has 4 nitrogen and oxygen atoms in total. The Labute approximate surface area is 95.3 Å². The average Bonchev–Trinajstić information content (AvgIpc) is 2.22. The van der Waals surface area contributed by atoms with Gasteiger partial charge in [-0.05, 0) is 25.3 Å². The van der Waals surface area contributed by atoms with Crippen molar-refractivity contribution in [3.05, 3.63) is 23.3 Å². The fraction of sp³-hybridized carbons (Fsp3) is 0.500. The minimum Gasteiger partial charge on any atom is -0.481 e. The molecule has 0 saturated carbocycles. The number of unbranched alkanes of at least 4 members (excludes halogenated alkanes) is 1. The van der Waals surface area contributed by atoms with Crippen LogP contribution in [0.15, 0.2) is 23.3 Å². The second-order valence-corrected chi connectivity index (χ2v) is 3.42. The first kappa shape index (κ1) is 14.4. The molecule has 0 rings (SSSR count). The van der Waals surface area contributed by atoms with Crippen molar-refractivity contribution in [3.63, 3.8) is 0 Å². The van der Waals surface area contributed by atoms with Crippen molar-refractivity contribution in [2.24, 2.45) is 0 Å². The van der Waals surface area contributed by atoms with E-state index in [0.717, 1.165) is 6.42 Å². The number of carboxylic acids is 2. The van der Waals surface area contributed by atoms with Crippen LogP contribution in [0.2, 0.25) is 0 Å². The van der Waals surface area contributed by atoms with Crippen LogP contribution in [-0.2, 0) is 9.59 Å². The van der Waals surface area contributed by atoms with Crippen molar-refractivity contribution < 1.29 is 19.8 Å². The van der Waals surface area contributed by atoms with Gasteiger partial charge >= 0.3 is 11.9 Å². The zero-order chi connectivity index (χ0) is 12.6. The highest BCUT2D eigenvalue weighted by Crippen LogP contribution is 2.17. The first-order valence-electron chi connectivity index (χ1n) is 5.33. The summed E-state index contributed by atoms with van der Waals surface area (Å²) in [6, 6.07) is 0. The molecule has 0 atom stereocenters. The number of hydrogen-bond donors (Lipinski definition) is 2. The van der Waals surface area contributed by atoms with E-state index in [-0.39, 0.29) is 18.4 Å². The van der Waals surface area contributed by atoms with Crippen LogP contribution in [0, 0.1) is 0 Å². The van der Waals surface area contributed by atoms with Gasteiger partial charge in [-0.1, -0.05) is 25.5 Å². The van der Waals surface area contributed by atoms with Crippen molar-refractivity contribution in [3.8, 4) is 0 Å². The van der Waals surface area contributed by atoms with Crippen molar-refractivity contribution in [2.45, 2.75) is 39.5 Å². The van der Waals surface area contributed by atoms with Gasteiger partial charge < -0.3 is 10.2 Å². The Hall–Kier alpha value is -1.58. The smallest absolute Gasteiger partial charge is 0.335 e. The first-order valence-corrected chi connectivity index (χ1v) is 5.33. The molecule has 90 valence electrons. The Balaban J connectivity index is 4.74. The van der Waals surface area contributed by atoms with Gasteiger partial charge in [0.25, 0.3) is 0 Å².